The van der Waals surface area contributed by atoms with E-state index in [9.17, 15) is 8.42 Å². The summed E-state index contributed by atoms with van der Waals surface area (Å²) in [5.74, 6) is 0.615. The summed E-state index contributed by atoms with van der Waals surface area (Å²) < 4.78 is 27.6. The van der Waals surface area contributed by atoms with Crippen molar-refractivity contribution in [2.75, 3.05) is 45.8 Å². The van der Waals surface area contributed by atoms with E-state index in [1.165, 1.54) is 4.31 Å². The van der Waals surface area contributed by atoms with Crippen LogP contribution in [0, 0.1) is 6.92 Å². The summed E-state index contributed by atoms with van der Waals surface area (Å²) in [5.41, 5.74) is 0.773. The molecule has 2 aliphatic heterocycles. The lowest BCUT2D eigenvalue weighted by Gasteiger charge is -2.37. The molecule has 1 aromatic rings. The zero-order valence-electron chi connectivity index (χ0n) is 13.8. The second-order valence-corrected chi connectivity index (χ2v) is 7.78. The summed E-state index contributed by atoms with van der Waals surface area (Å²) in [6, 6.07) is 7.14. The molecule has 7 heteroatoms. The Morgan fingerprint density at radius 3 is 2.43 bits per heavy atom. The van der Waals surface area contributed by atoms with E-state index in [4.69, 9.17) is 0 Å². The van der Waals surface area contributed by atoms with E-state index in [0.717, 1.165) is 38.3 Å². The predicted octanol–water partition coefficient (Wildman–Crippen LogP) is 0.993. The van der Waals surface area contributed by atoms with E-state index < -0.39 is 10.0 Å². The van der Waals surface area contributed by atoms with Crippen molar-refractivity contribution >= 4 is 16.0 Å². The lowest BCUT2D eigenvalue weighted by Crippen LogP contribution is -2.53. The number of hydrogen-bond donors (Lipinski definition) is 0. The molecule has 0 unspecified atom stereocenters. The first-order chi connectivity index (χ1) is 11.0. The highest BCUT2D eigenvalue weighted by atomic mass is 32.2. The molecule has 1 fully saturated rings. The zero-order chi connectivity index (χ0) is 16.4. The summed E-state index contributed by atoms with van der Waals surface area (Å²) in [4.78, 5) is 9.33. The molecule has 23 heavy (non-hydrogen) atoms. The molecule has 0 aliphatic carbocycles. The van der Waals surface area contributed by atoms with Crippen LogP contribution in [0.4, 0.5) is 0 Å². The normalized spacial score (nSPS) is 20.0. The molecule has 2 heterocycles. The average molecular weight is 336 g/mol. The maximum atomic E-state index is 13.0. The van der Waals surface area contributed by atoms with E-state index in [2.05, 4.69) is 21.7 Å². The number of piperazine rings is 1. The number of likely N-dealkylation sites (N-methyl/N-ethyl adjacent to an activating group) is 1. The fraction of sp³-hybridized carbons (Fsp3) is 0.562. The maximum Gasteiger partial charge on any atom is 0.266 e. The summed E-state index contributed by atoms with van der Waals surface area (Å²) in [7, 11) is -3.54. The SMILES string of the molecule is CCN1CCN(C2=NCCN2S(=O)(=O)c2ccccc2C)CC1. The van der Waals surface area contributed by atoms with Crippen molar-refractivity contribution in [2.45, 2.75) is 18.7 Å². The molecule has 0 amide bonds. The first kappa shape index (κ1) is 16.3. The fourth-order valence-electron chi connectivity index (χ4n) is 3.13. The molecule has 0 saturated carbocycles. The van der Waals surface area contributed by atoms with Crippen LogP contribution in [0.2, 0.25) is 0 Å². The Kier molecular flexibility index (Phi) is 4.59. The van der Waals surface area contributed by atoms with Gasteiger partial charge in [0.2, 0.25) is 5.96 Å². The van der Waals surface area contributed by atoms with Crippen molar-refractivity contribution in [1.82, 2.24) is 14.1 Å². The Morgan fingerprint density at radius 2 is 1.78 bits per heavy atom. The third kappa shape index (κ3) is 3.07. The van der Waals surface area contributed by atoms with Gasteiger partial charge in [0.25, 0.3) is 10.0 Å². The number of aryl methyl sites for hydroxylation is 1. The van der Waals surface area contributed by atoms with Gasteiger partial charge in [-0.25, -0.2) is 12.7 Å². The standard InChI is InChI=1S/C16H24N4O2S/c1-3-18-10-12-19(13-11-18)16-17-8-9-20(16)23(21,22)15-7-5-4-6-14(15)2/h4-7H,3,8-13H2,1-2H3. The topological polar surface area (TPSA) is 56.2 Å². The van der Waals surface area contributed by atoms with Crippen LogP contribution in [0.25, 0.3) is 0 Å². The smallest absolute Gasteiger partial charge is 0.266 e. The largest absolute Gasteiger partial charge is 0.339 e. The Bertz CT molecular complexity index is 694. The summed E-state index contributed by atoms with van der Waals surface area (Å²) >= 11 is 0. The van der Waals surface area contributed by atoms with Crippen molar-refractivity contribution < 1.29 is 8.42 Å². The van der Waals surface area contributed by atoms with Gasteiger partial charge in [-0.1, -0.05) is 25.1 Å². The van der Waals surface area contributed by atoms with E-state index in [1.807, 2.05) is 19.1 Å². The molecule has 0 spiro atoms. The second-order valence-electron chi connectivity index (χ2n) is 5.95. The lowest BCUT2D eigenvalue weighted by atomic mass is 10.2. The summed E-state index contributed by atoms with van der Waals surface area (Å²) in [6.07, 6.45) is 0. The molecule has 0 radical (unpaired) electrons. The monoisotopic (exact) mass is 336 g/mol. The number of nitrogens with zero attached hydrogens (tertiary/aromatic N) is 4. The molecule has 1 aromatic carbocycles. The predicted molar refractivity (Wildman–Crippen MR) is 91.1 cm³/mol. The number of aliphatic imine (C=N–C) groups is 1. The fourth-order valence-corrected chi connectivity index (χ4v) is 4.81. The van der Waals surface area contributed by atoms with Gasteiger partial charge in [-0.2, -0.15) is 0 Å². The number of sulfonamides is 1. The van der Waals surface area contributed by atoms with Gasteiger partial charge in [0.15, 0.2) is 0 Å². The molecule has 0 aromatic heterocycles. The van der Waals surface area contributed by atoms with Gasteiger partial charge < -0.3 is 9.80 Å². The molecule has 0 bridgehead atoms. The molecule has 0 atom stereocenters. The van der Waals surface area contributed by atoms with E-state index in [-0.39, 0.29) is 0 Å². The van der Waals surface area contributed by atoms with E-state index in [0.29, 0.717) is 23.9 Å². The van der Waals surface area contributed by atoms with Gasteiger partial charge in [0, 0.05) is 26.2 Å². The van der Waals surface area contributed by atoms with E-state index >= 15 is 0 Å². The van der Waals surface area contributed by atoms with Gasteiger partial charge in [-0.15, -0.1) is 0 Å². The first-order valence-corrected chi connectivity index (χ1v) is 9.58. The maximum absolute atomic E-state index is 13.0. The van der Waals surface area contributed by atoms with Gasteiger partial charge in [-0.3, -0.25) is 4.99 Å². The number of benzene rings is 1. The number of guanidine groups is 1. The highest BCUT2D eigenvalue weighted by Crippen LogP contribution is 2.23. The number of rotatable bonds is 3. The Labute approximate surface area is 138 Å². The minimum absolute atomic E-state index is 0.377. The van der Waals surface area contributed by atoms with Crippen molar-refractivity contribution in [2.24, 2.45) is 4.99 Å². The van der Waals surface area contributed by atoms with Gasteiger partial charge in [0.1, 0.15) is 0 Å². The van der Waals surface area contributed by atoms with E-state index in [1.54, 1.807) is 12.1 Å². The van der Waals surface area contributed by atoms with Crippen LogP contribution in [0.1, 0.15) is 12.5 Å². The van der Waals surface area contributed by atoms with Crippen LogP contribution in [0.3, 0.4) is 0 Å². The third-order valence-electron chi connectivity index (χ3n) is 4.54. The van der Waals surface area contributed by atoms with Gasteiger partial charge >= 0.3 is 0 Å². The third-order valence-corrected chi connectivity index (χ3v) is 6.48. The minimum Gasteiger partial charge on any atom is -0.339 e. The first-order valence-electron chi connectivity index (χ1n) is 8.14. The van der Waals surface area contributed by atoms with Crippen molar-refractivity contribution in [3.8, 4) is 0 Å². The lowest BCUT2D eigenvalue weighted by molar-refractivity contribution is 0.184. The van der Waals surface area contributed by atoms with Crippen LogP contribution in [-0.2, 0) is 10.0 Å². The highest BCUT2D eigenvalue weighted by Gasteiger charge is 2.35. The van der Waals surface area contributed by atoms with Crippen molar-refractivity contribution in [3.63, 3.8) is 0 Å². The number of hydrogen-bond acceptors (Lipinski definition) is 5. The minimum atomic E-state index is -3.54. The molecule has 3 rings (SSSR count). The molecular formula is C16H24N4O2S. The summed E-state index contributed by atoms with van der Waals surface area (Å²) in [5, 5.41) is 0. The van der Waals surface area contributed by atoms with Crippen LogP contribution < -0.4 is 0 Å². The average Bonchev–Trinajstić information content (AvgIpc) is 3.05. The second kappa shape index (κ2) is 6.49. The zero-order valence-corrected chi connectivity index (χ0v) is 14.6. The Hall–Kier alpha value is -1.60. The van der Waals surface area contributed by atoms with Gasteiger partial charge in [0.05, 0.1) is 18.0 Å². The van der Waals surface area contributed by atoms with Crippen LogP contribution in [-0.4, -0.2) is 74.3 Å². The van der Waals surface area contributed by atoms with Crippen LogP contribution in [0.15, 0.2) is 34.2 Å². The van der Waals surface area contributed by atoms with Crippen molar-refractivity contribution in [1.29, 1.82) is 0 Å². The van der Waals surface area contributed by atoms with Crippen molar-refractivity contribution in [3.05, 3.63) is 29.8 Å². The summed E-state index contributed by atoms with van der Waals surface area (Å²) in [6.45, 7) is 9.54. The Morgan fingerprint density at radius 1 is 1.09 bits per heavy atom. The molecule has 6 nitrogen and oxygen atoms in total. The molecule has 0 N–H and O–H groups in total. The molecule has 2 aliphatic rings. The highest BCUT2D eigenvalue weighted by molar-refractivity contribution is 7.89. The molecule has 1 saturated heterocycles. The molecule has 126 valence electrons. The quantitative estimate of drug-likeness (QED) is 0.826. The van der Waals surface area contributed by atoms with Gasteiger partial charge in [-0.05, 0) is 25.1 Å². The molecular weight excluding hydrogens is 312 g/mol. The van der Waals surface area contributed by atoms with Crippen LogP contribution >= 0.6 is 0 Å². The Balaban J connectivity index is 1.83. The van der Waals surface area contributed by atoms with Crippen LogP contribution in [0.5, 0.6) is 0 Å².